The first-order valence-electron chi connectivity index (χ1n) is 10.4. The van der Waals surface area contributed by atoms with E-state index in [-0.39, 0.29) is 18.0 Å². The minimum atomic E-state index is -3.69. The van der Waals surface area contributed by atoms with Crippen molar-refractivity contribution < 1.29 is 31.1 Å². The molecule has 1 aliphatic rings. The average Bonchev–Trinajstić information content (AvgIpc) is 2.81. The van der Waals surface area contributed by atoms with Crippen molar-refractivity contribution in [2.75, 3.05) is 56.6 Å². The van der Waals surface area contributed by atoms with E-state index in [1.807, 2.05) is 0 Å². The van der Waals surface area contributed by atoms with Gasteiger partial charge in [-0.15, -0.1) is 0 Å². The second kappa shape index (κ2) is 11.4. The third kappa shape index (κ3) is 7.06. The lowest BCUT2D eigenvalue weighted by Gasteiger charge is -2.26. The van der Waals surface area contributed by atoms with Crippen LogP contribution in [0.25, 0.3) is 0 Å². The van der Waals surface area contributed by atoms with Crippen molar-refractivity contribution >= 4 is 43.2 Å². The first-order chi connectivity index (χ1) is 16.1. The first-order valence-corrected chi connectivity index (χ1v) is 14.0. The van der Waals surface area contributed by atoms with Gasteiger partial charge in [-0.1, -0.05) is 11.6 Å². The van der Waals surface area contributed by atoms with Gasteiger partial charge in [0.25, 0.3) is 0 Å². The molecule has 1 aliphatic heterocycles. The molecule has 1 fully saturated rings. The summed E-state index contributed by atoms with van der Waals surface area (Å²) in [5.74, 6) is -0.0648. The van der Waals surface area contributed by atoms with Crippen LogP contribution in [0, 0.1) is 0 Å². The molecule has 0 radical (unpaired) electrons. The molecular formula is C21H26ClN3O7S2. The molecular weight excluding hydrogens is 506 g/mol. The molecule has 0 bridgehead atoms. The fraction of sp³-hybridized carbons (Fsp3) is 0.381. The molecule has 0 aliphatic carbocycles. The number of sulfonamides is 2. The number of anilines is 1. The summed E-state index contributed by atoms with van der Waals surface area (Å²) in [4.78, 5) is 12.4. The highest BCUT2D eigenvalue weighted by molar-refractivity contribution is 7.92. The normalized spacial score (nSPS) is 15.0. The topological polar surface area (TPSA) is 122 Å². The van der Waals surface area contributed by atoms with Crippen molar-refractivity contribution in [3.8, 4) is 5.75 Å². The fourth-order valence-electron chi connectivity index (χ4n) is 3.20. The number of carbonyl (C=O) groups is 1. The van der Waals surface area contributed by atoms with Crippen molar-refractivity contribution in [2.45, 2.75) is 4.90 Å². The number of amides is 1. The van der Waals surface area contributed by atoms with Crippen LogP contribution in [-0.2, 0) is 29.6 Å². The molecule has 1 heterocycles. The van der Waals surface area contributed by atoms with Gasteiger partial charge in [-0.3, -0.25) is 9.10 Å². The highest BCUT2D eigenvalue weighted by atomic mass is 35.5. The number of nitrogens with one attached hydrogen (secondary N) is 1. The Bertz CT molecular complexity index is 1180. The first kappa shape index (κ1) is 26.2. The van der Waals surface area contributed by atoms with E-state index in [1.54, 1.807) is 12.1 Å². The quantitative estimate of drug-likeness (QED) is 0.459. The Kier molecular flexibility index (Phi) is 8.77. The summed E-state index contributed by atoms with van der Waals surface area (Å²) in [6.07, 6.45) is 1.01. The molecule has 2 aromatic rings. The fourth-order valence-corrected chi connectivity index (χ4v) is 5.59. The number of hydrogen-bond acceptors (Lipinski definition) is 7. The predicted molar refractivity (Wildman–Crippen MR) is 128 cm³/mol. The van der Waals surface area contributed by atoms with E-state index in [0.29, 0.717) is 42.8 Å². The van der Waals surface area contributed by atoms with E-state index in [4.69, 9.17) is 21.1 Å². The lowest BCUT2D eigenvalue weighted by Crippen LogP contribution is -2.41. The van der Waals surface area contributed by atoms with Crippen LogP contribution in [0.1, 0.15) is 0 Å². The van der Waals surface area contributed by atoms with Gasteiger partial charge < -0.3 is 14.8 Å². The summed E-state index contributed by atoms with van der Waals surface area (Å²) < 4.78 is 62.6. The molecule has 0 spiro atoms. The van der Waals surface area contributed by atoms with E-state index < -0.39 is 32.5 Å². The zero-order valence-corrected chi connectivity index (χ0v) is 20.9. The van der Waals surface area contributed by atoms with Crippen LogP contribution >= 0.6 is 11.6 Å². The summed E-state index contributed by atoms with van der Waals surface area (Å²) in [6.45, 7) is 1.21. The number of carbonyl (C=O) groups excluding carboxylic acids is 1. The van der Waals surface area contributed by atoms with Crippen LogP contribution in [0.3, 0.4) is 0 Å². The Morgan fingerprint density at radius 3 is 2.26 bits per heavy atom. The molecule has 10 nitrogen and oxygen atoms in total. The van der Waals surface area contributed by atoms with Gasteiger partial charge in [0, 0.05) is 18.1 Å². The lowest BCUT2D eigenvalue weighted by molar-refractivity contribution is -0.119. The number of nitrogens with zero attached hydrogens (tertiary/aromatic N) is 2. The maximum absolute atomic E-state index is 12.6. The van der Waals surface area contributed by atoms with Gasteiger partial charge in [0.2, 0.25) is 26.0 Å². The SMILES string of the molecule is CS(=O)(=O)N(CC(=O)NCCOc1ccc(S(=O)(=O)N2CCOCC2)cc1)c1ccc(Cl)cc1. The molecule has 1 saturated heterocycles. The van der Waals surface area contributed by atoms with Crippen molar-refractivity contribution in [1.82, 2.24) is 9.62 Å². The van der Waals surface area contributed by atoms with Crippen molar-refractivity contribution in [2.24, 2.45) is 0 Å². The van der Waals surface area contributed by atoms with E-state index in [0.717, 1.165) is 10.6 Å². The predicted octanol–water partition coefficient (Wildman–Crippen LogP) is 1.32. The molecule has 3 rings (SSSR count). The van der Waals surface area contributed by atoms with Crippen molar-refractivity contribution in [3.63, 3.8) is 0 Å². The Morgan fingerprint density at radius 1 is 1.06 bits per heavy atom. The second-order valence-corrected chi connectivity index (χ2v) is 11.7. The van der Waals surface area contributed by atoms with Crippen LogP contribution in [0.2, 0.25) is 5.02 Å². The number of rotatable bonds is 10. The van der Waals surface area contributed by atoms with E-state index in [9.17, 15) is 21.6 Å². The zero-order valence-electron chi connectivity index (χ0n) is 18.5. The second-order valence-electron chi connectivity index (χ2n) is 7.43. The smallest absolute Gasteiger partial charge is 0.243 e. The highest BCUT2D eigenvalue weighted by Crippen LogP contribution is 2.21. The number of morpholine rings is 1. The Labute approximate surface area is 204 Å². The van der Waals surface area contributed by atoms with Gasteiger partial charge in [0.15, 0.2) is 0 Å². The number of hydrogen-bond donors (Lipinski definition) is 1. The molecule has 1 amide bonds. The summed E-state index contributed by atoms with van der Waals surface area (Å²) in [7, 11) is -7.27. The standard InChI is InChI=1S/C21H26ClN3O7S2/c1-33(27,28)25(18-4-2-17(22)3-5-18)16-21(26)23-10-13-32-19-6-8-20(9-7-19)34(29,30)24-11-14-31-15-12-24/h2-9H,10-16H2,1H3,(H,23,26). The van der Waals surface area contributed by atoms with Crippen LogP contribution in [0.4, 0.5) is 5.69 Å². The maximum atomic E-state index is 12.6. The minimum absolute atomic E-state index is 0.112. The van der Waals surface area contributed by atoms with Gasteiger partial charge >= 0.3 is 0 Å². The lowest BCUT2D eigenvalue weighted by atomic mass is 10.3. The Balaban J connectivity index is 1.49. The monoisotopic (exact) mass is 531 g/mol. The number of ether oxygens (including phenoxy) is 2. The number of benzene rings is 2. The van der Waals surface area contributed by atoms with Gasteiger partial charge in [-0.25, -0.2) is 16.8 Å². The van der Waals surface area contributed by atoms with Crippen LogP contribution in [0.15, 0.2) is 53.4 Å². The maximum Gasteiger partial charge on any atom is 0.243 e. The summed E-state index contributed by atoms with van der Waals surface area (Å²) in [5, 5.41) is 3.05. The van der Waals surface area contributed by atoms with E-state index in [2.05, 4.69) is 5.32 Å². The minimum Gasteiger partial charge on any atom is -0.492 e. The Morgan fingerprint density at radius 2 is 1.68 bits per heavy atom. The highest BCUT2D eigenvalue weighted by Gasteiger charge is 2.26. The largest absolute Gasteiger partial charge is 0.492 e. The summed E-state index contributed by atoms with van der Waals surface area (Å²) >= 11 is 5.84. The van der Waals surface area contributed by atoms with Crippen LogP contribution < -0.4 is 14.4 Å². The van der Waals surface area contributed by atoms with Gasteiger partial charge in [-0.2, -0.15) is 4.31 Å². The van der Waals surface area contributed by atoms with E-state index in [1.165, 1.54) is 40.7 Å². The Hall–Kier alpha value is -2.38. The summed E-state index contributed by atoms with van der Waals surface area (Å²) in [5.41, 5.74) is 0.324. The van der Waals surface area contributed by atoms with Gasteiger partial charge in [0.1, 0.15) is 18.9 Å². The zero-order chi connectivity index (χ0) is 24.8. The van der Waals surface area contributed by atoms with Gasteiger partial charge in [-0.05, 0) is 48.5 Å². The van der Waals surface area contributed by atoms with Crippen LogP contribution in [-0.4, -0.2) is 79.3 Å². The van der Waals surface area contributed by atoms with Crippen LogP contribution in [0.5, 0.6) is 5.75 Å². The molecule has 34 heavy (non-hydrogen) atoms. The van der Waals surface area contributed by atoms with Crippen molar-refractivity contribution in [1.29, 1.82) is 0 Å². The molecule has 0 saturated carbocycles. The molecule has 186 valence electrons. The average molecular weight is 532 g/mol. The molecule has 0 unspecified atom stereocenters. The van der Waals surface area contributed by atoms with Crippen molar-refractivity contribution in [3.05, 3.63) is 53.6 Å². The molecule has 13 heteroatoms. The molecule has 0 aromatic heterocycles. The third-order valence-electron chi connectivity index (χ3n) is 4.93. The molecule has 1 N–H and O–H groups in total. The van der Waals surface area contributed by atoms with Gasteiger partial charge in [0.05, 0.1) is 36.6 Å². The molecule has 0 atom stereocenters. The summed E-state index contributed by atoms with van der Waals surface area (Å²) in [6, 6.07) is 12.1. The molecule has 2 aromatic carbocycles. The number of halogens is 1. The van der Waals surface area contributed by atoms with E-state index >= 15 is 0 Å². The third-order valence-corrected chi connectivity index (χ3v) is 8.23.